The normalized spacial score (nSPS) is 10.6. The lowest BCUT2D eigenvalue weighted by molar-refractivity contribution is -0.657. The zero-order valence-electron chi connectivity index (χ0n) is 12.9. The summed E-state index contributed by atoms with van der Waals surface area (Å²) in [5.74, 6) is 0.929. The number of ether oxygens (including phenoxy) is 1. The van der Waals surface area contributed by atoms with Gasteiger partial charge >= 0.3 is 0 Å². The maximum atomic E-state index is 6.13. The lowest BCUT2D eigenvalue weighted by Crippen LogP contribution is -2.85. The second-order valence-corrected chi connectivity index (χ2v) is 5.77. The Morgan fingerprint density at radius 1 is 1.05 bits per heavy atom. The van der Waals surface area contributed by atoms with Crippen molar-refractivity contribution in [3.05, 3.63) is 64.7 Å². The van der Waals surface area contributed by atoms with Gasteiger partial charge in [-0.3, -0.25) is 0 Å². The van der Waals surface area contributed by atoms with Gasteiger partial charge in [0.05, 0.1) is 13.1 Å². The molecule has 2 aromatic carbocycles. The van der Waals surface area contributed by atoms with Crippen molar-refractivity contribution in [2.45, 2.75) is 12.8 Å². The van der Waals surface area contributed by atoms with Crippen LogP contribution < -0.4 is 15.8 Å². The highest BCUT2D eigenvalue weighted by atomic mass is 35.5. The zero-order valence-corrected chi connectivity index (χ0v) is 13.7. The molecule has 0 aliphatic heterocycles. The Hall–Kier alpha value is -1.55. The van der Waals surface area contributed by atoms with Crippen molar-refractivity contribution >= 4 is 11.6 Å². The standard InChI is InChI=1S/C18H23ClN2O/c19-17-7-8-18(22-12-11-21-10-4-9-20)16(14-17)13-15-5-2-1-3-6-15/h1-3,5-8,14,21H,4,9-13,20H2/p+2. The molecule has 118 valence electrons. The van der Waals surface area contributed by atoms with Crippen molar-refractivity contribution < 1.29 is 15.8 Å². The number of quaternary nitrogens is 2. The summed E-state index contributed by atoms with van der Waals surface area (Å²) in [6.45, 7) is 3.79. The van der Waals surface area contributed by atoms with Crippen LogP contribution in [0.1, 0.15) is 17.5 Å². The van der Waals surface area contributed by atoms with Crippen LogP contribution in [0.25, 0.3) is 0 Å². The van der Waals surface area contributed by atoms with E-state index in [2.05, 4.69) is 35.3 Å². The molecule has 0 saturated carbocycles. The van der Waals surface area contributed by atoms with Crippen LogP contribution in [0, 0.1) is 0 Å². The fourth-order valence-electron chi connectivity index (χ4n) is 2.33. The molecular weight excluding hydrogens is 296 g/mol. The van der Waals surface area contributed by atoms with Crippen molar-refractivity contribution in [2.75, 3.05) is 26.2 Å². The Labute approximate surface area is 137 Å². The molecule has 0 amide bonds. The van der Waals surface area contributed by atoms with Crippen molar-refractivity contribution in [3.63, 3.8) is 0 Å². The molecular formula is C18H25ClN2O+2. The first-order valence-electron chi connectivity index (χ1n) is 7.85. The molecule has 22 heavy (non-hydrogen) atoms. The van der Waals surface area contributed by atoms with Crippen LogP contribution in [0.3, 0.4) is 0 Å². The van der Waals surface area contributed by atoms with E-state index in [9.17, 15) is 0 Å². The van der Waals surface area contributed by atoms with Crippen molar-refractivity contribution in [1.82, 2.24) is 0 Å². The van der Waals surface area contributed by atoms with Crippen molar-refractivity contribution in [1.29, 1.82) is 0 Å². The molecule has 5 N–H and O–H groups in total. The van der Waals surface area contributed by atoms with Gasteiger partial charge in [-0.25, -0.2) is 0 Å². The van der Waals surface area contributed by atoms with Crippen molar-refractivity contribution in [3.8, 4) is 5.75 Å². The fraction of sp³-hybridized carbons (Fsp3) is 0.333. The monoisotopic (exact) mass is 320 g/mol. The average molecular weight is 321 g/mol. The van der Waals surface area contributed by atoms with Gasteiger partial charge in [0.1, 0.15) is 18.9 Å². The maximum Gasteiger partial charge on any atom is 0.137 e. The van der Waals surface area contributed by atoms with E-state index in [1.807, 2.05) is 24.3 Å². The molecule has 0 radical (unpaired) electrons. The van der Waals surface area contributed by atoms with Gasteiger partial charge in [-0.2, -0.15) is 0 Å². The van der Waals surface area contributed by atoms with Gasteiger partial charge in [-0.15, -0.1) is 0 Å². The molecule has 0 fully saturated rings. The minimum atomic E-state index is 0.709. The second kappa shape index (κ2) is 9.46. The number of hydrogen-bond acceptors (Lipinski definition) is 1. The van der Waals surface area contributed by atoms with E-state index < -0.39 is 0 Å². The quantitative estimate of drug-likeness (QED) is 0.676. The summed E-state index contributed by atoms with van der Waals surface area (Å²) in [7, 11) is 0. The Bertz CT molecular complexity index is 560. The third-order valence-corrected chi connectivity index (χ3v) is 3.73. The summed E-state index contributed by atoms with van der Waals surface area (Å²) in [6.07, 6.45) is 1.99. The minimum absolute atomic E-state index is 0.709. The molecule has 0 bridgehead atoms. The van der Waals surface area contributed by atoms with E-state index in [1.54, 1.807) is 0 Å². The Morgan fingerprint density at radius 2 is 1.86 bits per heavy atom. The Balaban J connectivity index is 1.93. The van der Waals surface area contributed by atoms with E-state index in [-0.39, 0.29) is 0 Å². The van der Waals surface area contributed by atoms with Crippen molar-refractivity contribution in [2.24, 2.45) is 0 Å². The van der Waals surface area contributed by atoms with Crippen LogP contribution in [0.4, 0.5) is 0 Å². The number of rotatable bonds is 9. The van der Waals surface area contributed by atoms with E-state index in [1.165, 1.54) is 5.56 Å². The third kappa shape index (κ3) is 5.68. The summed E-state index contributed by atoms with van der Waals surface area (Å²) in [5.41, 5.74) is 6.24. The topological polar surface area (TPSA) is 53.5 Å². The molecule has 0 aliphatic rings. The fourth-order valence-corrected chi connectivity index (χ4v) is 2.52. The molecule has 0 aliphatic carbocycles. The van der Waals surface area contributed by atoms with Gasteiger partial charge < -0.3 is 15.8 Å². The molecule has 0 atom stereocenters. The number of halogens is 1. The largest absolute Gasteiger partial charge is 0.487 e. The van der Waals surface area contributed by atoms with Crippen LogP contribution in [0.5, 0.6) is 5.75 Å². The summed E-state index contributed by atoms with van der Waals surface area (Å²) in [6, 6.07) is 16.2. The smallest absolute Gasteiger partial charge is 0.137 e. The van der Waals surface area contributed by atoms with E-state index >= 15 is 0 Å². The van der Waals surface area contributed by atoms with E-state index in [4.69, 9.17) is 16.3 Å². The van der Waals surface area contributed by atoms with Gasteiger partial charge in [-0.05, 0) is 29.3 Å². The average Bonchev–Trinajstić information content (AvgIpc) is 2.53. The first kappa shape index (κ1) is 16.8. The van der Waals surface area contributed by atoms with Gasteiger partial charge in [0.25, 0.3) is 0 Å². The maximum absolute atomic E-state index is 6.13. The van der Waals surface area contributed by atoms with Gasteiger partial charge in [0.2, 0.25) is 0 Å². The van der Waals surface area contributed by atoms with E-state index in [0.717, 1.165) is 48.8 Å². The molecule has 0 spiro atoms. The zero-order chi connectivity index (χ0) is 15.6. The van der Waals surface area contributed by atoms with Gasteiger partial charge in [-0.1, -0.05) is 41.9 Å². The number of benzene rings is 2. The molecule has 4 heteroatoms. The minimum Gasteiger partial charge on any atom is -0.487 e. The molecule has 2 rings (SSSR count). The summed E-state index contributed by atoms with van der Waals surface area (Å²) in [5, 5.41) is 3.03. The summed E-state index contributed by atoms with van der Waals surface area (Å²) in [4.78, 5) is 0. The molecule has 2 aromatic rings. The predicted octanol–water partition coefficient (Wildman–Crippen LogP) is 1.51. The molecule has 0 unspecified atom stereocenters. The highest BCUT2D eigenvalue weighted by Gasteiger charge is 2.06. The summed E-state index contributed by atoms with van der Waals surface area (Å²) >= 11 is 6.13. The van der Waals surface area contributed by atoms with Crippen LogP contribution in [-0.4, -0.2) is 26.2 Å². The van der Waals surface area contributed by atoms with Gasteiger partial charge in [0.15, 0.2) is 0 Å². The lowest BCUT2D eigenvalue weighted by atomic mass is 10.0. The molecule has 0 saturated heterocycles. The highest BCUT2D eigenvalue weighted by Crippen LogP contribution is 2.25. The first-order valence-corrected chi connectivity index (χ1v) is 8.23. The third-order valence-electron chi connectivity index (χ3n) is 3.50. The summed E-state index contributed by atoms with van der Waals surface area (Å²) < 4.78 is 5.94. The Morgan fingerprint density at radius 3 is 2.64 bits per heavy atom. The van der Waals surface area contributed by atoms with E-state index in [0.29, 0.717) is 6.61 Å². The van der Waals surface area contributed by atoms with Crippen LogP contribution in [0.15, 0.2) is 48.5 Å². The predicted molar refractivity (Wildman–Crippen MR) is 90.2 cm³/mol. The Kier molecular flexibility index (Phi) is 7.23. The van der Waals surface area contributed by atoms with Gasteiger partial charge in [0, 0.05) is 17.9 Å². The SMILES string of the molecule is [NH3+]CCC[NH2+]CCOc1ccc(Cl)cc1Cc1ccccc1. The molecule has 0 heterocycles. The lowest BCUT2D eigenvalue weighted by Gasteiger charge is -2.12. The second-order valence-electron chi connectivity index (χ2n) is 5.34. The molecule has 3 nitrogen and oxygen atoms in total. The highest BCUT2D eigenvalue weighted by molar-refractivity contribution is 6.30. The number of nitrogens with two attached hydrogens (primary N) is 1. The first-order chi connectivity index (χ1) is 10.8. The van der Waals surface area contributed by atoms with Crippen LogP contribution in [0.2, 0.25) is 5.02 Å². The van der Waals surface area contributed by atoms with Crippen LogP contribution >= 0.6 is 11.6 Å². The van der Waals surface area contributed by atoms with Crippen LogP contribution in [-0.2, 0) is 6.42 Å². The number of hydrogen-bond donors (Lipinski definition) is 2. The molecule has 0 aromatic heterocycles.